The van der Waals surface area contributed by atoms with Crippen LogP contribution in [0.15, 0.2) is 42.5 Å². The Bertz CT molecular complexity index is 1540. The van der Waals surface area contributed by atoms with Crippen LogP contribution in [-0.4, -0.2) is 89.1 Å². The lowest BCUT2D eigenvalue weighted by atomic mass is 9.83. The second-order valence-electron chi connectivity index (χ2n) is 12.8. The summed E-state index contributed by atoms with van der Waals surface area (Å²) in [6.07, 6.45) is 5.71. The van der Waals surface area contributed by atoms with Crippen molar-refractivity contribution in [2.45, 2.75) is 71.6 Å². The third-order valence-electron chi connectivity index (χ3n) is 9.55. The van der Waals surface area contributed by atoms with Gasteiger partial charge in [0, 0.05) is 50.8 Å². The molecule has 1 aromatic heterocycles. The summed E-state index contributed by atoms with van der Waals surface area (Å²) in [6, 6.07) is 11.3. The number of imidazole rings is 1. The van der Waals surface area contributed by atoms with E-state index in [9.17, 15) is 23.2 Å². The van der Waals surface area contributed by atoms with Crippen molar-refractivity contribution >= 4 is 28.8 Å². The Hall–Kier alpha value is -3.90. The lowest BCUT2D eigenvalue weighted by Crippen LogP contribution is -2.58. The van der Waals surface area contributed by atoms with Gasteiger partial charge in [0.15, 0.2) is 17.5 Å². The number of fused-ring (bicyclic) bond motifs is 1. The van der Waals surface area contributed by atoms with Crippen LogP contribution in [0.3, 0.4) is 0 Å². The van der Waals surface area contributed by atoms with Gasteiger partial charge in [-0.25, -0.2) is 13.8 Å². The number of hydrogen-bond acceptors (Lipinski definition) is 6. The minimum absolute atomic E-state index is 0.0552. The van der Waals surface area contributed by atoms with Gasteiger partial charge in [0.2, 0.25) is 11.8 Å². The quantitative estimate of drug-likeness (QED) is 0.244. The van der Waals surface area contributed by atoms with Crippen LogP contribution in [0.2, 0.25) is 0 Å². The number of amides is 3. The van der Waals surface area contributed by atoms with Crippen LogP contribution in [0.1, 0.15) is 68.6 Å². The van der Waals surface area contributed by atoms with Gasteiger partial charge in [-0.3, -0.25) is 14.4 Å². The van der Waals surface area contributed by atoms with Crippen molar-refractivity contribution in [3.63, 3.8) is 0 Å². The first-order valence-electron chi connectivity index (χ1n) is 17.2. The van der Waals surface area contributed by atoms with Crippen molar-refractivity contribution in [1.29, 1.82) is 0 Å². The van der Waals surface area contributed by atoms with Crippen molar-refractivity contribution in [3.8, 4) is 0 Å². The molecule has 2 heterocycles. The molecule has 5 rings (SSSR count). The molecule has 1 saturated heterocycles. The van der Waals surface area contributed by atoms with Gasteiger partial charge < -0.3 is 29.2 Å². The highest BCUT2D eigenvalue weighted by molar-refractivity contribution is 5.95. The maximum absolute atomic E-state index is 14.3. The van der Waals surface area contributed by atoms with Crippen LogP contribution < -0.4 is 5.32 Å². The molecule has 1 N–H and O–H groups in total. The van der Waals surface area contributed by atoms with Crippen molar-refractivity contribution in [2.75, 3.05) is 46.0 Å². The van der Waals surface area contributed by atoms with Crippen LogP contribution >= 0.6 is 0 Å². The van der Waals surface area contributed by atoms with Crippen molar-refractivity contribution < 1.29 is 32.6 Å². The van der Waals surface area contributed by atoms with E-state index in [1.165, 1.54) is 0 Å². The first kappa shape index (κ1) is 35.4. The molecule has 2 aliphatic rings. The molecule has 1 aliphatic heterocycles. The second-order valence-corrected chi connectivity index (χ2v) is 12.8. The fraction of sp³-hybridized carbons (Fsp3) is 0.556. The summed E-state index contributed by atoms with van der Waals surface area (Å²) in [6.45, 7) is 6.52. The van der Waals surface area contributed by atoms with Gasteiger partial charge >= 0.3 is 0 Å². The van der Waals surface area contributed by atoms with Crippen LogP contribution in [0.5, 0.6) is 0 Å². The van der Waals surface area contributed by atoms with E-state index in [4.69, 9.17) is 9.47 Å². The van der Waals surface area contributed by atoms with Gasteiger partial charge in [-0.15, -0.1) is 0 Å². The zero-order chi connectivity index (χ0) is 34.0. The largest absolute Gasteiger partial charge is 0.377 e. The highest BCUT2D eigenvalue weighted by Gasteiger charge is 2.36. The average molecular weight is 668 g/mol. The van der Waals surface area contributed by atoms with Gasteiger partial charge in [0.05, 0.1) is 37.5 Å². The predicted octanol–water partition coefficient (Wildman–Crippen LogP) is 4.94. The summed E-state index contributed by atoms with van der Waals surface area (Å²) in [4.78, 5) is 48.2. The molecule has 2 aromatic carbocycles. The lowest BCUT2D eigenvalue weighted by Gasteiger charge is -2.39. The number of rotatable bonds is 14. The molecule has 0 unspecified atom stereocenters. The summed E-state index contributed by atoms with van der Waals surface area (Å²) in [7, 11) is 0. The molecule has 48 heavy (non-hydrogen) atoms. The number of ether oxygens (including phenoxy) is 2. The Labute approximate surface area is 280 Å². The number of carbonyl (C=O) groups excluding carboxylic acids is 3. The number of benzene rings is 2. The molecule has 1 aliphatic carbocycles. The van der Waals surface area contributed by atoms with Gasteiger partial charge in [-0.05, 0) is 30.7 Å². The van der Waals surface area contributed by atoms with E-state index in [1.54, 1.807) is 14.4 Å². The molecule has 3 aromatic rings. The van der Waals surface area contributed by atoms with E-state index < -0.39 is 17.7 Å². The molecule has 260 valence electrons. The second kappa shape index (κ2) is 17.0. The molecular weight excluding hydrogens is 620 g/mol. The van der Waals surface area contributed by atoms with Gasteiger partial charge in [-0.2, -0.15) is 0 Å². The number of hydrogen-bond donors (Lipinski definition) is 1. The van der Waals surface area contributed by atoms with Crippen molar-refractivity contribution in [2.24, 2.45) is 11.8 Å². The number of nitrogens with one attached hydrogen (secondary N) is 1. The Morgan fingerprint density at radius 2 is 1.58 bits per heavy atom. The summed E-state index contributed by atoms with van der Waals surface area (Å²) < 4.78 is 41.4. The first-order valence-corrected chi connectivity index (χ1v) is 17.2. The lowest BCUT2D eigenvalue weighted by molar-refractivity contribution is -0.140. The SMILES string of the molecule is CC[C@@H](C)C(=O)N[C@@H](C(=O)N1CCN(C(=O)c2nc3cc(F)c(F)cc3n2CCOCCOCc2ccccc2)CC1)C1CCCCC1. The van der Waals surface area contributed by atoms with E-state index in [1.807, 2.05) is 44.2 Å². The van der Waals surface area contributed by atoms with Gasteiger partial charge in [0.25, 0.3) is 5.91 Å². The van der Waals surface area contributed by atoms with Crippen LogP contribution in [0.25, 0.3) is 11.0 Å². The third kappa shape index (κ3) is 8.76. The molecule has 12 heteroatoms. The van der Waals surface area contributed by atoms with Crippen molar-refractivity contribution in [1.82, 2.24) is 24.7 Å². The summed E-state index contributed by atoms with van der Waals surface area (Å²) in [5.41, 5.74) is 1.52. The maximum Gasteiger partial charge on any atom is 0.290 e. The van der Waals surface area contributed by atoms with Crippen molar-refractivity contribution in [3.05, 3.63) is 65.5 Å². The maximum atomic E-state index is 14.3. The Balaban J connectivity index is 1.21. The summed E-state index contributed by atoms with van der Waals surface area (Å²) in [5, 5.41) is 3.06. The zero-order valence-corrected chi connectivity index (χ0v) is 28.0. The van der Waals surface area contributed by atoms with Crippen LogP contribution in [0.4, 0.5) is 8.78 Å². The molecule has 2 fully saturated rings. The normalized spacial score (nSPS) is 17.0. The molecule has 0 radical (unpaired) electrons. The highest BCUT2D eigenvalue weighted by atomic mass is 19.2. The molecule has 10 nitrogen and oxygen atoms in total. The van der Waals surface area contributed by atoms with Crippen LogP contribution in [-0.2, 0) is 32.2 Å². The number of carbonyl (C=O) groups is 3. The van der Waals surface area contributed by atoms with E-state index in [0.717, 1.165) is 49.8 Å². The smallest absolute Gasteiger partial charge is 0.290 e. The monoisotopic (exact) mass is 667 g/mol. The number of halogens is 2. The van der Waals surface area contributed by atoms with Crippen LogP contribution in [0, 0.1) is 23.5 Å². The molecule has 3 amide bonds. The number of piperazine rings is 1. The highest BCUT2D eigenvalue weighted by Crippen LogP contribution is 2.28. The Morgan fingerprint density at radius 3 is 2.29 bits per heavy atom. The van der Waals surface area contributed by atoms with E-state index >= 15 is 0 Å². The fourth-order valence-corrected chi connectivity index (χ4v) is 6.45. The number of nitrogens with zero attached hydrogens (tertiary/aromatic N) is 4. The van der Waals surface area contributed by atoms with E-state index in [2.05, 4.69) is 10.3 Å². The zero-order valence-electron chi connectivity index (χ0n) is 28.0. The van der Waals surface area contributed by atoms with Gasteiger partial charge in [0.1, 0.15) is 6.04 Å². The molecule has 0 spiro atoms. The topological polar surface area (TPSA) is 106 Å². The standard InChI is InChI=1S/C36H47F2N5O5/c1-3-25(2)34(44)40-32(27-12-8-5-9-13-27)35(45)41-14-16-42(17-15-41)36(46)33-39-30-22-28(37)29(38)23-31(30)43(33)18-19-47-20-21-48-24-26-10-6-4-7-11-26/h4,6-7,10-11,22-23,25,27,32H,3,5,8-9,12-21,24H2,1-2H3,(H,40,44)/t25-,32-/m1/s1. The van der Waals surface area contributed by atoms with E-state index in [0.29, 0.717) is 44.8 Å². The third-order valence-corrected chi connectivity index (χ3v) is 9.55. The summed E-state index contributed by atoms with van der Waals surface area (Å²) >= 11 is 0. The minimum atomic E-state index is -1.04. The summed E-state index contributed by atoms with van der Waals surface area (Å²) in [5.74, 6) is -2.70. The Morgan fingerprint density at radius 1 is 0.917 bits per heavy atom. The Kier molecular flexibility index (Phi) is 12.5. The predicted molar refractivity (Wildman–Crippen MR) is 177 cm³/mol. The minimum Gasteiger partial charge on any atom is -0.377 e. The van der Waals surface area contributed by atoms with Gasteiger partial charge in [-0.1, -0.05) is 63.4 Å². The first-order chi connectivity index (χ1) is 23.3. The molecular formula is C36H47F2N5O5. The van der Waals surface area contributed by atoms with E-state index in [-0.39, 0.29) is 67.1 Å². The molecule has 2 atom stereocenters. The molecule has 1 saturated carbocycles. The fourth-order valence-electron chi connectivity index (χ4n) is 6.45. The number of aromatic nitrogens is 2. The average Bonchev–Trinajstić information content (AvgIpc) is 3.46. The molecule has 0 bridgehead atoms.